The Labute approximate surface area is 183 Å². The van der Waals surface area contributed by atoms with Crippen LogP contribution in [-0.2, 0) is 12.8 Å². The van der Waals surface area contributed by atoms with Crippen molar-refractivity contribution in [3.05, 3.63) is 68.9 Å². The third kappa shape index (κ3) is 3.98. The number of rotatable bonds is 5. The van der Waals surface area contributed by atoms with Gasteiger partial charge in [-0.05, 0) is 75.4 Å². The van der Waals surface area contributed by atoms with Crippen LogP contribution in [-0.4, -0.2) is 32.9 Å². The van der Waals surface area contributed by atoms with E-state index in [1.54, 1.807) is 17.6 Å². The molecule has 8 heteroatoms. The molecule has 0 radical (unpaired) electrons. The number of nitrogens with zero attached hydrogens (tertiary/aromatic N) is 2. The molecule has 3 aromatic rings. The third-order valence-corrected chi connectivity index (χ3v) is 6.82. The number of benzene rings is 1. The molecule has 0 aliphatic heterocycles. The highest BCUT2D eigenvalue weighted by Gasteiger charge is 2.27. The number of hydrogen-bond acceptors (Lipinski definition) is 5. The second kappa shape index (κ2) is 8.39. The van der Waals surface area contributed by atoms with E-state index in [0.717, 1.165) is 53.2 Å². The van der Waals surface area contributed by atoms with Crippen LogP contribution in [0.15, 0.2) is 35.4 Å². The molecular formula is C23H23N3O4S. The van der Waals surface area contributed by atoms with Gasteiger partial charge in [-0.2, -0.15) is 5.10 Å². The van der Waals surface area contributed by atoms with Crippen molar-refractivity contribution in [2.75, 3.05) is 0 Å². The molecule has 1 aromatic carbocycles. The highest BCUT2D eigenvalue weighted by Crippen LogP contribution is 2.38. The Morgan fingerprint density at radius 1 is 1.16 bits per heavy atom. The average molecular weight is 438 g/mol. The Bertz CT molecular complexity index is 1190. The normalized spacial score (nSPS) is 13.4. The summed E-state index contributed by atoms with van der Waals surface area (Å²) in [5, 5.41) is 24.0. The lowest BCUT2D eigenvalue weighted by molar-refractivity contribution is 0.0695. The van der Waals surface area contributed by atoms with E-state index < -0.39 is 5.97 Å². The number of amides is 1. The molecule has 0 spiro atoms. The number of aromatic hydroxyl groups is 1. The molecule has 1 amide bonds. The van der Waals surface area contributed by atoms with Crippen molar-refractivity contribution in [3.8, 4) is 10.8 Å². The van der Waals surface area contributed by atoms with Crippen LogP contribution in [0.4, 0.5) is 0 Å². The first-order chi connectivity index (χ1) is 14.9. The van der Waals surface area contributed by atoms with Gasteiger partial charge in [0.25, 0.3) is 5.91 Å². The van der Waals surface area contributed by atoms with Gasteiger partial charge in [0.1, 0.15) is 10.8 Å². The van der Waals surface area contributed by atoms with Crippen LogP contribution in [0.1, 0.15) is 60.9 Å². The molecule has 2 aromatic heterocycles. The van der Waals surface area contributed by atoms with E-state index in [1.165, 1.54) is 29.1 Å². The van der Waals surface area contributed by atoms with Gasteiger partial charge in [0.05, 0.1) is 11.8 Å². The summed E-state index contributed by atoms with van der Waals surface area (Å²) in [6.07, 6.45) is 5.41. The van der Waals surface area contributed by atoms with Gasteiger partial charge in [0, 0.05) is 27.4 Å². The SMILES string of the molecule is Cc1cc(C=NNC(=O)c2ccc(O)cc2)c(C)n1-c1sc2c(c1C(=O)O)CCCC2. The van der Waals surface area contributed by atoms with E-state index >= 15 is 0 Å². The zero-order valence-electron chi connectivity index (χ0n) is 17.3. The van der Waals surface area contributed by atoms with E-state index in [1.807, 2.05) is 24.5 Å². The number of aryl methyl sites for hydroxylation is 2. The van der Waals surface area contributed by atoms with Crippen LogP contribution in [0.25, 0.3) is 5.00 Å². The molecule has 160 valence electrons. The van der Waals surface area contributed by atoms with Crippen LogP contribution < -0.4 is 5.43 Å². The molecule has 4 rings (SSSR count). The topological polar surface area (TPSA) is 104 Å². The van der Waals surface area contributed by atoms with Crippen LogP contribution in [0.2, 0.25) is 0 Å². The molecular weight excluding hydrogens is 414 g/mol. The molecule has 0 saturated carbocycles. The number of thiophene rings is 1. The van der Waals surface area contributed by atoms with E-state index in [-0.39, 0.29) is 11.7 Å². The third-order valence-electron chi connectivity index (χ3n) is 5.54. The number of carbonyl (C=O) groups is 2. The summed E-state index contributed by atoms with van der Waals surface area (Å²) in [6.45, 7) is 3.85. The van der Waals surface area contributed by atoms with Crippen molar-refractivity contribution < 1.29 is 19.8 Å². The number of aromatic carboxylic acids is 1. The molecule has 1 aliphatic rings. The molecule has 31 heavy (non-hydrogen) atoms. The number of fused-ring (bicyclic) bond motifs is 1. The molecule has 2 heterocycles. The van der Waals surface area contributed by atoms with Crippen molar-refractivity contribution in [1.29, 1.82) is 0 Å². The van der Waals surface area contributed by atoms with E-state index in [2.05, 4.69) is 10.5 Å². The zero-order chi connectivity index (χ0) is 22.1. The van der Waals surface area contributed by atoms with E-state index in [4.69, 9.17) is 0 Å². The number of phenolic OH excluding ortho intramolecular Hbond substituents is 1. The van der Waals surface area contributed by atoms with Crippen molar-refractivity contribution in [2.24, 2.45) is 5.10 Å². The number of carboxylic acids is 1. The maximum absolute atomic E-state index is 12.2. The summed E-state index contributed by atoms with van der Waals surface area (Å²) in [4.78, 5) is 25.4. The van der Waals surface area contributed by atoms with Gasteiger partial charge in [0.15, 0.2) is 0 Å². The highest BCUT2D eigenvalue weighted by molar-refractivity contribution is 7.15. The fourth-order valence-electron chi connectivity index (χ4n) is 4.00. The zero-order valence-corrected chi connectivity index (χ0v) is 18.1. The number of hydrazone groups is 1. The van der Waals surface area contributed by atoms with Gasteiger partial charge in [0.2, 0.25) is 0 Å². The van der Waals surface area contributed by atoms with Crippen molar-refractivity contribution in [3.63, 3.8) is 0 Å². The van der Waals surface area contributed by atoms with Crippen molar-refractivity contribution in [1.82, 2.24) is 9.99 Å². The van der Waals surface area contributed by atoms with Gasteiger partial charge < -0.3 is 14.8 Å². The van der Waals surface area contributed by atoms with E-state index in [0.29, 0.717) is 11.1 Å². The van der Waals surface area contributed by atoms with Gasteiger partial charge in [-0.3, -0.25) is 4.79 Å². The number of carboxylic acid groups (broad SMARTS) is 1. The summed E-state index contributed by atoms with van der Waals surface area (Å²) in [5.74, 6) is -1.19. The lowest BCUT2D eigenvalue weighted by atomic mass is 9.95. The number of aromatic nitrogens is 1. The Balaban J connectivity index is 1.62. The van der Waals surface area contributed by atoms with Gasteiger partial charge >= 0.3 is 5.97 Å². The van der Waals surface area contributed by atoms with Crippen LogP contribution in [0.3, 0.4) is 0 Å². The summed E-state index contributed by atoms with van der Waals surface area (Å²) in [5.41, 5.74) is 6.81. The van der Waals surface area contributed by atoms with Crippen LogP contribution in [0.5, 0.6) is 5.75 Å². The van der Waals surface area contributed by atoms with Crippen LogP contribution in [0, 0.1) is 13.8 Å². The second-order valence-corrected chi connectivity index (χ2v) is 8.69. The fourth-order valence-corrected chi connectivity index (χ4v) is 5.49. The van der Waals surface area contributed by atoms with Crippen LogP contribution >= 0.6 is 11.3 Å². The van der Waals surface area contributed by atoms with Gasteiger partial charge in [-0.1, -0.05) is 0 Å². The number of carbonyl (C=O) groups excluding carboxylic acids is 1. The average Bonchev–Trinajstić information content (AvgIpc) is 3.25. The molecule has 1 aliphatic carbocycles. The Morgan fingerprint density at radius 3 is 2.58 bits per heavy atom. The summed E-state index contributed by atoms with van der Waals surface area (Å²) in [6, 6.07) is 7.83. The number of hydrogen-bond donors (Lipinski definition) is 3. The Hall–Kier alpha value is -3.39. The first kappa shape index (κ1) is 20.9. The van der Waals surface area contributed by atoms with Gasteiger partial charge in [-0.25, -0.2) is 10.2 Å². The predicted octanol–water partition coefficient (Wildman–Crippen LogP) is 4.20. The van der Waals surface area contributed by atoms with Gasteiger partial charge in [-0.15, -0.1) is 11.3 Å². The second-order valence-electron chi connectivity index (χ2n) is 7.60. The lowest BCUT2D eigenvalue weighted by Crippen LogP contribution is -2.17. The first-order valence-electron chi connectivity index (χ1n) is 10.1. The van der Waals surface area contributed by atoms with Crippen molar-refractivity contribution >= 4 is 29.4 Å². The molecule has 0 fully saturated rings. The number of nitrogens with one attached hydrogen (secondary N) is 1. The molecule has 7 nitrogen and oxygen atoms in total. The standard InChI is InChI=1S/C23H23N3O4S/c1-13-11-16(12-24-25-21(28)15-7-9-17(27)10-8-15)14(2)26(13)22-20(23(29)30)18-5-3-4-6-19(18)31-22/h7-12,27H,3-6H2,1-2H3,(H,25,28)(H,29,30). The van der Waals surface area contributed by atoms with Crippen molar-refractivity contribution in [2.45, 2.75) is 39.5 Å². The minimum Gasteiger partial charge on any atom is -0.508 e. The summed E-state index contributed by atoms with van der Waals surface area (Å²) in [7, 11) is 0. The molecule has 0 saturated heterocycles. The number of phenols is 1. The maximum atomic E-state index is 12.2. The predicted molar refractivity (Wildman–Crippen MR) is 120 cm³/mol. The molecule has 0 atom stereocenters. The maximum Gasteiger partial charge on any atom is 0.339 e. The quantitative estimate of drug-likeness (QED) is 0.411. The smallest absolute Gasteiger partial charge is 0.339 e. The molecule has 3 N–H and O–H groups in total. The summed E-state index contributed by atoms with van der Waals surface area (Å²) < 4.78 is 1.97. The highest BCUT2D eigenvalue weighted by atomic mass is 32.1. The molecule has 0 bridgehead atoms. The largest absolute Gasteiger partial charge is 0.508 e. The minimum absolute atomic E-state index is 0.0866. The molecule has 0 unspecified atom stereocenters. The monoisotopic (exact) mass is 437 g/mol. The van der Waals surface area contributed by atoms with E-state index in [9.17, 15) is 19.8 Å². The summed E-state index contributed by atoms with van der Waals surface area (Å²) >= 11 is 1.56. The first-order valence-corrected chi connectivity index (χ1v) is 10.9. The fraction of sp³-hybridized carbons (Fsp3) is 0.261. The Morgan fingerprint density at radius 2 is 1.87 bits per heavy atom. The minimum atomic E-state index is -0.890. The Kier molecular flexibility index (Phi) is 5.65. The lowest BCUT2D eigenvalue weighted by Gasteiger charge is -2.11.